The van der Waals surface area contributed by atoms with Crippen LogP contribution in [-0.4, -0.2) is 37.3 Å². The maximum atomic E-state index is 11.3. The molecular weight excluding hydrogens is 292 g/mol. The van der Waals surface area contributed by atoms with Gasteiger partial charge in [0.2, 0.25) is 6.41 Å². The number of anilines is 1. The topological polar surface area (TPSA) is 68.3 Å². The van der Waals surface area contributed by atoms with E-state index >= 15 is 0 Å². The van der Waals surface area contributed by atoms with E-state index in [-0.39, 0.29) is 5.92 Å². The largest absolute Gasteiger partial charge is 0.311 e. The number of carbonyl (C=O) groups is 1. The standard InChI is InChI=1S/C13H11ClN6O/c1-18-5-8(3-16-18)9-6-19(7-21)10-4-15-12-2-11(14)17-20(12)13(9)10/h2-5,7,9H,6H2,1H3. The molecule has 3 aromatic rings. The molecule has 7 nitrogen and oxygen atoms in total. The molecular formula is C13H11ClN6O. The lowest BCUT2D eigenvalue weighted by atomic mass is 10.0. The number of hydrogen-bond donors (Lipinski definition) is 0. The average Bonchev–Trinajstić information content (AvgIpc) is 3.13. The molecule has 0 fully saturated rings. The Balaban J connectivity index is 1.98. The third-order valence-electron chi connectivity index (χ3n) is 3.74. The van der Waals surface area contributed by atoms with Gasteiger partial charge in [0.25, 0.3) is 0 Å². The number of carbonyl (C=O) groups excluding carboxylic acids is 1. The minimum Gasteiger partial charge on any atom is -0.311 e. The lowest BCUT2D eigenvalue weighted by molar-refractivity contribution is -0.107. The van der Waals surface area contributed by atoms with Crippen molar-refractivity contribution >= 4 is 29.3 Å². The van der Waals surface area contributed by atoms with E-state index in [1.54, 1.807) is 32.6 Å². The molecule has 0 saturated heterocycles. The Bertz CT molecular complexity index is 854. The smallest absolute Gasteiger partial charge is 0.214 e. The van der Waals surface area contributed by atoms with Gasteiger partial charge in [-0.2, -0.15) is 10.2 Å². The maximum absolute atomic E-state index is 11.3. The van der Waals surface area contributed by atoms with E-state index in [0.717, 1.165) is 23.4 Å². The Kier molecular flexibility index (Phi) is 2.52. The van der Waals surface area contributed by atoms with Crippen LogP contribution in [0.15, 0.2) is 24.7 Å². The Morgan fingerprint density at radius 3 is 3.00 bits per heavy atom. The first-order valence-corrected chi connectivity index (χ1v) is 6.80. The summed E-state index contributed by atoms with van der Waals surface area (Å²) in [7, 11) is 1.86. The Labute approximate surface area is 124 Å². The molecule has 21 heavy (non-hydrogen) atoms. The number of fused-ring (bicyclic) bond motifs is 3. The quantitative estimate of drug-likeness (QED) is 0.668. The van der Waals surface area contributed by atoms with E-state index < -0.39 is 0 Å². The fourth-order valence-corrected chi connectivity index (χ4v) is 3.00. The second-order valence-corrected chi connectivity index (χ2v) is 5.41. The molecule has 0 aromatic carbocycles. The monoisotopic (exact) mass is 302 g/mol. The van der Waals surface area contributed by atoms with Gasteiger partial charge in [-0.05, 0) is 0 Å². The van der Waals surface area contributed by atoms with Gasteiger partial charge in [-0.3, -0.25) is 9.48 Å². The zero-order valence-corrected chi connectivity index (χ0v) is 11.9. The summed E-state index contributed by atoms with van der Waals surface area (Å²) in [6.45, 7) is 0.544. The molecule has 4 heterocycles. The van der Waals surface area contributed by atoms with E-state index in [1.807, 2.05) is 13.2 Å². The van der Waals surface area contributed by atoms with Gasteiger partial charge >= 0.3 is 0 Å². The van der Waals surface area contributed by atoms with E-state index in [9.17, 15) is 4.79 Å². The van der Waals surface area contributed by atoms with Crippen molar-refractivity contribution in [3.05, 3.63) is 41.1 Å². The first-order chi connectivity index (χ1) is 10.2. The predicted molar refractivity (Wildman–Crippen MR) is 76.5 cm³/mol. The maximum Gasteiger partial charge on any atom is 0.214 e. The van der Waals surface area contributed by atoms with Crippen LogP contribution in [0.4, 0.5) is 5.69 Å². The van der Waals surface area contributed by atoms with Crippen molar-refractivity contribution in [1.29, 1.82) is 0 Å². The highest BCUT2D eigenvalue weighted by Gasteiger charge is 2.34. The summed E-state index contributed by atoms with van der Waals surface area (Å²) in [6, 6.07) is 1.70. The number of halogens is 1. The number of aromatic nitrogens is 5. The summed E-state index contributed by atoms with van der Waals surface area (Å²) < 4.78 is 3.45. The molecule has 1 amide bonds. The van der Waals surface area contributed by atoms with E-state index in [0.29, 0.717) is 17.3 Å². The Morgan fingerprint density at radius 1 is 1.43 bits per heavy atom. The van der Waals surface area contributed by atoms with Crippen molar-refractivity contribution in [3.63, 3.8) is 0 Å². The lowest BCUT2D eigenvalue weighted by Crippen LogP contribution is -2.19. The van der Waals surface area contributed by atoms with E-state index in [1.165, 1.54) is 0 Å². The van der Waals surface area contributed by atoms with Crippen LogP contribution in [0.25, 0.3) is 5.65 Å². The summed E-state index contributed by atoms with van der Waals surface area (Å²) in [5.74, 6) is 0.000340. The Hall–Kier alpha value is -2.41. The van der Waals surface area contributed by atoms with Gasteiger partial charge in [-0.25, -0.2) is 9.50 Å². The van der Waals surface area contributed by atoms with Crippen molar-refractivity contribution in [2.45, 2.75) is 5.92 Å². The van der Waals surface area contributed by atoms with E-state index in [4.69, 9.17) is 11.6 Å². The first-order valence-electron chi connectivity index (χ1n) is 6.42. The van der Waals surface area contributed by atoms with Gasteiger partial charge in [0, 0.05) is 37.3 Å². The number of amides is 1. The van der Waals surface area contributed by atoms with Crippen LogP contribution in [0.3, 0.4) is 0 Å². The second-order valence-electron chi connectivity index (χ2n) is 5.02. The fraction of sp³-hybridized carbons (Fsp3) is 0.231. The molecule has 1 aliphatic rings. The molecule has 0 spiro atoms. The zero-order valence-electron chi connectivity index (χ0n) is 11.1. The van der Waals surface area contributed by atoms with Crippen LogP contribution >= 0.6 is 11.6 Å². The third kappa shape index (κ3) is 1.74. The van der Waals surface area contributed by atoms with Gasteiger partial charge in [0.05, 0.1) is 23.8 Å². The molecule has 1 atom stereocenters. The van der Waals surface area contributed by atoms with Crippen LogP contribution in [0.5, 0.6) is 0 Å². The van der Waals surface area contributed by atoms with Crippen molar-refractivity contribution in [2.75, 3.05) is 11.4 Å². The highest BCUT2D eigenvalue weighted by molar-refractivity contribution is 6.29. The summed E-state index contributed by atoms with van der Waals surface area (Å²) in [5.41, 5.74) is 3.36. The van der Waals surface area contributed by atoms with Crippen molar-refractivity contribution in [3.8, 4) is 0 Å². The molecule has 8 heteroatoms. The molecule has 0 aliphatic carbocycles. The van der Waals surface area contributed by atoms with Crippen LogP contribution in [0, 0.1) is 0 Å². The summed E-state index contributed by atoms with van der Waals surface area (Å²) in [4.78, 5) is 17.2. The fourth-order valence-electron chi connectivity index (χ4n) is 2.83. The van der Waals surface area contributed by atoms with Crippen molar-refractivity contribution < 1.29 is 4.79 Å². The molecule has 3 aromatic heterocycles. The molecule has 1 unspecified atom stereocenters. The predicted octanol–water partition coefficient (Wildman–Crippen LogP) is 1.22. The molecule has 0 radical (unpaired) electrons. The summed E-state index contributed by atoms with van der Waals surface area (Å²) >= 11 is 5.98. The number of hydrogen-bond acceptors (Lipinski definition) is 4. The minimum absolute atomic E-state index is 0.000340. The number of aryl methyl sites for hydroxylation is 1. The highest BCUT2D eigenvalue weighted by atomic mass is 35.5. The van der Waals surface area contributed by atoms with Crippen LogP contribution < -0.4 is 4.90 Å². The molecule has 0 bridgehead atoms. The number of nitrogens with zero attached hydrogens (tertiary/aromatic N) is 6. The van der Waals surface area contributed by atoms with Gasteiger partial charge < -0.3 is 4.90 Å². The first kappa shape index (κ1) is 12.3. The normalized spacial score (nSPS) is 17.4. The van der Waals surface area contributed by atoms with Crippen LogP contribution in [0.1, 0.15) is 17.2 Å². The third-order valence-corrected chi connectivity index (χ3v) is 3.93. The summed E-state index contributed by atoms with van der Waals surface area (Å²) in [6.07, 6.45) is 6.25. The van der Waals surface area contributed by atoms with Crippen LogP contribution in [-0.2, 0) is 11.8 Å². The van der Waals surface area contributed by atoms with E-state index in [2.05, 4.69) is 15.2 Å². The molecule has 0 saturated carbocycles. The molecule has 0 N–H and O–H groups in total. The second kappa shape index (κ2) is 4.29. The van der Waals surface area contributed by atoms with Gasteiger partial charge in [-0.15, -0.1) is 0 Å². The van der Waals surface area contributed by atoms with Gasteiger partial charge in [0.1, 0.15) is 0 Å². The molecule has 1 aliphatic heterocycles. The van der Waals surface area contributed by atoms with Crippen molar-refractivity contribution in [2.24, 2.45) is 7.05 Å². The SMILES string of the molecule is Cn1cc(C2CN(C=O)c3cnc4cc(Cl)nn4c32)cn1. The highest BCUT2D eigenvalue weighted by Crippen LogP contribution is 2.39. The van der Waals surface area contributed by atoms with Gasteiger partial charge in [-0.1, -0.05) is 11.6 Å². The zero-order chi connectivity index (χ0) is 14.6. The lowest BCUT2D eigenvalue weighted by Gasteiger charge is -2.08. The summed E-state index contributed by atoms with van der Waals surface area (Å²) in [5, 5.41) is 8.87. The molecule has 4 rings (SSSR count). The molecule has 106 valence electrons. The number of rotatable bonds is 2. The van der Waals surface area contributed by atoms with Gasteiger partial charge in [0.15, 0.2) is 10.8 Å². The van der Waals surface area contributed by atoms with Crippen LogP contribution in [0.2, 0.25) is 5.15 Å². The Morgan fingerprint density at radius 2 is 2.29 bits per heavy atom. The van der Waals surface area contributed by atoms with Crippen molar-refractivity contribution in [1.82, 2.24) is 24.4 Å². The minimum atomic E-state index is 0.000340. The average molecular weight is 303 g/mol.